The number of fused-ring (bicyclic) bond motifs is 3. The van der Waals surface area contributed by atoms with Crippen molar-refractivity contribution in [1.82, 2.24) is 44.1 Å². The monoisotopic (exact) mass is 967 g/mol. The Kier molecular flexibility index (Phi) is 12.3. The van der Waals surface area contributed by atoms with E-state index in [2.05, 4.69) is 40.8 Å². The minimum atomic E-state index is -0.958. The van der Waals surface area contributed by atoms with Crippen LogP contribution in [-0.2, 0) is 16.6 Å². The normalized spacial score (nSPS) is 22.3. The molecule has 5 aliphatic rings. The minimum Gasteiger partial charge on any atom is -0.463 e. The average Bonchev–Trinajstić information content (AvgIpc) is 4.09. The zero-order valence-electron chi connectivity index (χ0n) is 40.3. The predicted molar refractivity (Wildman–Crippen MR) is 267 cm³/mol. The van der Waals surface area contributed by atoms with Gasteiger partial charge in [-0.2, -0.15) is 9.97 Å². The Morgan fingerprint density at radius 3 is 2.35 bits per heavy atom. The smallest absolute Gasteiger partial charge is 0.329 e. The van der Waals surface area contributed by atoms with Crippen molar-refractivity contribution in [3.05, 3.63) is 82.4 Å². The number of β-amino-alcohol motifs (C(OH)–C–C–N with tert-alkyl or cyclic N) is 1. The van der Waals surface area contributed by atoms with E-state index in [0.717, 1.165) is 102 Å². The lowest BCUT2D eigenvalue weighted by atomic mass is 9.95. The molecule has 0 bridgehead atoms. The lowest BCUT2D eigenvalue weighted by Crippen LogP contribution is -2.52. The van der Waals surface area contributed by atoms with Gasteiger partial charge in [-0.3, -0.25) is 38.8 Å². The van der Waals surface area contributed by atoms with Gasteiger partial charge in [-0.05, 0) is 68.7 Å². The highest BCUT2D eigenvalue weighted by Gasteiger charge is 2.45. The summed E-state index contributed by atoms with van der Waals surface area (Å²) in [6.45, 7) is 13.4. The number of rotatable bonds is 12. The van der Waals surface area contributed by atoms with Crippen LogP contribution in [0.3, 0.4) is 0 Å². The number of piperazine rings is 2. The minimum absolute atomic E-state index is 0.00439. The third-order valence-electron chi connectivity index (χ3n) is 15.6. The third kappa shape index (κ3) is 9.09. The number of aromatic nitrogens is 5. The number of amides is 2. The van der Waals surface area contributed by atoms with Crippen LogP contribution in [0.2, 0.25) is 0 Å². The summed E-state index contributed by atoms with van der Waals surface area (Å²) in [5.41, 5.74) is 1.64. The van der Waals surface area contributed by atoms with Crippen LogP contribution < -0.4 is 25.5 Å². The number of halogens is 2. The summed E-state index contributed by atoms with van der Waals surface area (Å²) >= 11 is 0. The van der Waals surface area contributed by atoms with Crippen molar-refractivity contribution in [1.29, 1.82) is 0 Å². The number of aliphatic hydroxyl groups is 1. The van der Waals surface area contributed by atoms with Gasteiger partial charge in [0.1, 0.15) is 28.9 Å². The second kappa shape index (κ2) is 18.6. The summed E-state index contributed by atoms with van der Waals surface area (Å²) in [7, 11) is 1.73. The first-order valence-electron chi connectivity index (χ1n) is 24.9. The van der Waals surface area contributed by atoms with Crippen molar-refractivity contribution >= 4 is 56.0 Å². The zero-order valence-corrected chi connectivity index (χ0v) is 40.3. The van der Waals surface area contributed by atoms with Gasteiger partial charge >= 0.3 is 11.7 Å². The molecule has 0 radical (unpaired) electrons. The maximum Gasteiger partial charge on any atom is 0.329 e. The van der Waals surface area contributed by atoms with E-state index in [4.69, 9.17) is 16.1 Å². The Balaban J connectivity index is 0.709. The number of carbonyl (C=O) groups is 2. The molecule has 2 N–H and O–H groups in total. The Labute approximate surface area is 410 Å². The lowest BCUT2D eigenvalue weighted by molar-refractivity contribution is -0.135. The van der Waals surface area contributed by atoms with E-state index in [1.54, 1.807) is 49.0 Å². The maximum absolute atomic E-state index is 17.0. The molecule has 370 valence electrons. The molecular weight excluding hydrogens is 909 g/mol. The van der Waals surface area contributed by atoms with E-state index < -0.39 is 29.2 Å². The molecule has 0 spiro atoms. The van der Waals surface area contributed by atoms with Gasteiger partial charge in [0.2, 0.25) is 11.8 Å². The molecule has 6 aromatic rings. The van der Waals surface area contributed by atoms with Crippen LogP contribution in [-0.4, -0.2) is 153 Å². The number of anilines is 2. The van der Waals surface area contributed by atoms with E-state index >= 15 is 4.39 Å². The SMILES string of the molecule is C#Cc1c(F)ccc2cccc(-c3ncc4c(N5CCC[C@@](C)(O)C5)nc(OCC5(CN6CCN(CCN7CCN(c8ccc9c(c8)n(C)c(=O)n9C8CCC(=O)NC8=O)CC7)CC6)CC5)nc4c3F)c12. The first-order valence-corrected chi connectivity index (χ1v) is 24.9. The summed E-state index contributed by atoms with van der Waals surface area (Å²) in [5, 5.41) is 14.9. The highest BCUT2D eigenvalue weighted by Crippen LogP contribution is 2.47. The number of ether oxygens (including phenoxy) is 1. The van der Waals surface area contributed by atoms with Crippen LogP contribution in [0.4, 0.5) is 20.3 Å². The molecule has 4 saturated heterocycles. The Morgan fingerprint density at radius 2 is 1.63 bits per heavy atom. The topological polar surface area (TPSA) is 157 Å². The van der Waals surface area contributed by atoms with E-state index in [1.165, 1.54) is 10.6 Å². The number of nitrogens with zero attached hydrogens (tertiary/aromatic N) is 10. The second-order valence-electron chi connectivity index (χ2n) is 20.6. The number of nitrogens with one attached hydrogen (secondary N) is 1. The molecule has 3 aromatic heterocycles. The lowest BCUT2D eigenvalue weighted by Gasteiger charge is -2.39. The molecule has 2 atom stereocenters. The Morgan fingerprint density at radius 1 is 0.887 bits per heavy atom. The summed E-state index contributed by atoms with van der Waals surface area (Å²) in [6, 6.07) is 13.5. The fraction of sp³-hybridized carbons (Fsp3) is 0.472. The molecule has 71 heavy (non-hydrogen) atoms. The predicted octanol–water partition coefficient (Wildman–Crippen LogP) is 4.69. The number of piperidine rings is 2. The van der Waals surface area contributed by atoms with Gasteiger partial charge in [0, 0.05) is 127 Å². The molecule has 1 aliphatic carbocycles. The van der Waals surface area contributed by atoms with E-state index in [9.17, 15) is 23.9 Å². The standard InChI is InChI=1S/C53H59F2N11O5/c1-4-36-39(54)11-9-34-7-5-8-37(44(34)36)46-45(55)47-38(30-56-46)48(65-18-6-15-52(2,70)31-65)59-50(58-47)71-33-53(16-17-53)32-63-23-21-61(22-24-63)19-20-62-25-27-64(28-26-62)35-10-12-40-42(29-35)60(3)51(69)66(40)41-13-14-43(67)57-49(41)68/h1,5,7-12,29-30,41,70H,6,13-28,31-33H2,2-3H3,(H,57,67,68)/t41?,52-/m1/s1. The number of terminal acetylenes is 1. The highest BCUT2D eigenvalue weighted by atomic mass is 19.1. The molecule has 2 amide bonds. The molecule has 11 rings (SSSR count). The Hall–Kier alpha value is -6.52. The fourth-order valence-electron chi connectivity index (χ4n) is 11.3. The number of benzene rings is 3. The first-order chi connectivity index (χ1) is 34.3. The van der Waals surface area contributed by atoms with Crippen LogP contribution in [0.1, 0.15) is 57.1 Å². The van der Waals surface area contributed by atoms with Crippen molar-refractivity contribution < 1.29 is 28.2 Å². The summed E-state index contributed by atoms with van der Waals surface area (Å²) in [5.74, 6) is 0.899. The molecule has 7 heterocycles. The quantitative estimate of drug-likeness (QED) is 0.129. The zero-order chi connectivity index (χ0) is 49.2. The van der Waals surface area contributed by atoms with Crippen molar-refractivity contribution in [2.45, 2.75) is 57.1 Å². The van der Waals surface area contributed by atoms with Crippen molar-refractivity contribution in [2.24, 2.45) is 12.5 Å². The molecular formula is C53H59F2N11O5. The summed E-state index contributed by atoms with van der Waals surface area (Å²) in [4.78, 5) is 63.7. The highest BCUT2D eigenvalue weighted by molar-refractivity contribution is 6.02. The van der Waals surface area contributed by atoms with E-state index in [1.807, 2.05) is 23.1 Å². The Bertz CT molecular complexity index is 3180. The van der Waals surface area contributed by atoms with Gasteiger partial charge in [0.05, 0.1) is 34.2 Å². The van der Waals surface area contributed by atoms with Crippen molar-refractivity contribution in [3.8, 4) is 29.6 Å². The summed E-state index contributed by atoms with van der Waals surface area (Å²) < 4.78 is 41.6. The van der Waals surface area contributed by atoms with Crippen molar-refractivity contribution in [3.63, 3.8) is 0 Å². The molecule has 18 heteroatoms. The van der Waals surface area contributed by atoms with Crippen LogP contribution in [0.5, 0.6) is 6.01 Å². The molecule has 1 unspecified atom stereocenters. The largest absolute Gasteiger partial charge is 0.463 e. The molecule has 16 nitrogen and oxygen atoms in total. The first kappa shape index (κ1) is 46.8. The average molecular weight is 968 g/mol. The van der Waals surface area contributed by atoms with Gasteiger partial charge in [-0.25, -0.2) is 13.6 Å². The molecule has 3 aromatic carbocycles. The van der Waals surface area contributed by atoms with Gasteiger partial charge in [0.15, 0.2) is 5.82 Å². The van der Waals surface area contributed by atoms with Gasteiger partial charge in [-0.1, -0.05) is 30.2 Å². The van der Waals surface area contributed by atoms with Crippen molar-refractivity contribution in [2.75, 3.05) is 101 Å². The molecule has 4 aliphatic heterocycles. The number of pyridine rings is 1. The van der Waals surface area contributed by atoms with Crippen LogP contribution in [0, 0.1) is 29.4 Å². The van der Waals surface area contributed by atoms with E-state index in [0.29, 0.717) is 65.6 Å². The number of aryl methyl sites for hydroxylation is 1. The van der Waals surface area contributed by atoms with Gasteiger partial charge < -0.3 is 24.5 Å². The third-order valence-corrected chi connectivity index (χ3v) is 15.6. The van der Waals surface area contributed by atoms with E-state index in [-0.39, 0.29) is 46.2 Å². The molecule has 1 saturated carbocycles. The number of carbonyl (C=O) groups excluding carboxylic acids is 2. The van der Waals surface area contributed by atoms with Crippen LogP contribution in [0.15, 0.2) is 59.5 Å². The number of imidazole rings is 1. The number of hydrogen-bond donors (Lipinski definition) is 2. The maximum atomic E-state index is 17.0. The van der Waals surface area contributed by atoms with Gasteiger partial charge in [0.25, 0.3) is 0 Å². The fourth-order valence-corrected chi connectivity index (χ4v) is 11.3. The van der Waals surface area contributed by atoms with Crippen LogP contribution in [0.25, 0.3) is 44.0 Å². The number of hydrogen-bond acceptors (Lipinski definition) is 13. The van der Waals surface area contributed by atoms with Gasteiger partial charge in [-0.15, -0.1) is 6.42 Å². The van der Waals surface area contributed by atoms with Crippen LogP contribution >= 0.6 is 0 Å². The second-order valence-corrected chi connectivity index (χ2v) is 20.6. The number of imide groups is 1. The summed E-state index contributed by atoms with van der Waals surface area (Å²) in [6.07, 6.45) is 11.2. The molecule has 5 fully saturated rings.